The smallest absolute Gasteiger partial charge is 0.0543 e. The van der Waals surface area contributed by atoms with Gasteiger partial charge in [0.1, 0.15) is 0 Å². The fourth-order valence-electron chi connectivity index (χ4n) is 2.69. The molecule has 0 heterocycles. The Bertz CT molecular complexity index is 155. The van der Waals surface area contributed by atoms with Crippen LogP contribution in [0.5, 0.6) is 0 Å². The minimum absolute atomic E-state index is 0.0194. The standard InChI is InChI=1S/C13H26O/c1-4-10(2)11(3)12-7-5-6-8-13(14)9-12/h10-14H,4-9H2,1-3H3. The maximum atomic E-state index is 9.76. The van der Waals surface area contributed by atoms with Crippen molar-refractivity contribution in [2.24, 2.45) is 17.8 Å². The zero-order valence-electron chi connectivity index (χ0n) is 10.00. The van der Waals surface area contributed by atoms with E-state index in [0.717, 1.165) is 30.6 Å². The first-order valence-corrected chi connectivity index (χ1v) is 6.33. The Kier molecular flexibility index (Phi) is 4.94. The lowest BCUT2D eigenvalue weighted by Crippen LogP contribution is -2.21. The predicted molar refractivity (Wildman–Crippen MR) is 61.2 cm³/mol. The van der Waals surface area contributed by atoms with Crippen LogP contribution in [-0.2, 0) is 0 Å². The van der Waals surface area contributed by atoms with Crippen molar-refractivity contribution >= 4 is 0 Å². The summed E-state index contributed by atoms with van der Waals surface area (Å²) in [5.74, 6) is 2.36. The summed E-state index contributed by atoms with van der Waals surface area (Å²) < 4.78 is 0. The van der Waals surface area contributed by atoms with Gasteiger partial charge in [0.2, 0.25) is 0 Å². The molecular weight excluding hydrogens is 172 g/mol. The highest BCUT2D eigenvalue weighted by molar-refractivity contribution is 4.76. The predicted octanol–water partition coefficient (Wildman–Crippen LogP) is 3.61. The van der Waals surface area contributed by atoms with Crippen LogP contribution in [-0.4, -0.2) is 11.2 Å². The summed E-state index contributed by atoms with van der Waals surface area (Å²) in [6.07, 6.45) is 7.22. The van der Waals surface area contributed by atoms with Crippen LogP contribution in [0.3, 0.4) is 0 Å². The van der Waals surface area contributed by atoms with Gasteiger partial charge in [-0.1, -0.05) is 46.5 Å². The molecule has 0 saturated heterocycles. The normalized spacial score (nSPS) is 33.4. The van der Waals surface area contributed by atoms with E-state index in [4.69, 9.17) is 0 Å². The SMILES string of the molecule is CCC(C)C(C)C1CCCCC(O)C1. The zero-order valence-corrected chi connectivity index (χ0v) is 10.00. The molecule has 1 aliphatic carbocycles. The summed E-state index contributed by atoms with van der Waals surface area (Å²) in [5.41, 5.74) is 0. The van der Waals surface area contributed by atoms with E-state index in [-0.39, 0.29) is 6.10 Å². The van der Waals surface area contributed by atoms with Crippen molar-refractivity contribution in [3.8, 4) is 0 Å². The monoisotopic (exact) mass is 198 g/mol. The summed E-state index contributed by atoms with van der Waals surface area (Å²) in [6, 6.07) is 0. The molecule has 1 nitrogen and oxygen atoms in total. The Labute approximate surface area is 88.9 Å². The fourth-order valence-corrected chi connectivity index (χ4v) is 2.69. The minimum Gasteiger partial charge on any atom is -0.393 e. The van der Waals surface area contributed by atoms with E-state index in [1.807, 2.05) is 0 Å². The van der Waals surface area contributed by atoms with Crippen molar-refractivity contribution < 1.29 is 5.11 Å². The lowest BCUT2D eigenvalue weighted by molar-refractivity contribution is 0.116. The summed E-state index contributed by atoms with van der Waals surface area (Å²) in [4.78, 5) is 0. The Balaban J connectivity index is 2.47. The molecule has 1 fully saturated rings. The lowest BCUT2D eigenvalue weighted by Gasteiger charge is -2.28. The lowest BCUT2D eigenvalue weighted by atomic mass is 9.78. The van der Waals surface area contributed by atoms with Crippen molar-refractivity contribution in [2.45, 2.75) is 65.4 Å². The van der Waals surface area contributed by atoms with Crippen LogP contribution >= 0.6 is 0 Å². The molecule has 0 aromatic heterocycles. The molecule has 0 aromatic rings. The average molecular weight is 198 g/mol. The van der Waals surface area contributed by atoms with Crippen LogP contribution in [0.4, 0.5) is 0 Å². The van der Waals surface area contributed by atoms with Crippen LogP contribution in [0.1, 0.15) is 59.3 Å². The summed E-state index contributed by atoms with van der Waals surface area (Å²) >= 11 is 0. The van der Waals surface area contributed by atoms with Crippen LogP contribution in [0.2, 0.25) is 0 Å². The molecule has 14 heavy (non-hydrogen) atoms. The number of hydrogen-bond donors (Lipinski definition) is 1. The first-order chi connectivity index (χ1) is 6.65. The van der Waals surface area contributed by atoms with E-state index in [9.17, 15) is 5.11 Å². The molecule has 4 atom stereocenters. The molecule has 1 rings (SSSR count). The van der Waals surface area contributed by atoms with Crippen molar-refractivity contribution in [3.63, 3.8) is 0 Å². The van der Waals surface area contributed by atoms with E-state index < -0.39 is 0 Å². The van der Waals surface area contributed by atoms with Gasteiger partial charge in [-0.25, -0.2) is 0 Å². The van der Waals surface area contributed by atoms with Gasteiger partial charge in [0.15, 0.2) is 0 Å². The number of rotatable bonds is 3. The largest absolute Gasteiger partial charge is 0.393 e. The van der Waals surface area contributed by atoms with Crippen LogP contribution in [0.25, 0.3) is 0 Å². The van der Waals surface area contributed by atoms with E-state index in [0.29, 0.717) is 0 Å². The molecule has 0 spiro atoms. The van der Waals surface area contributed by atoms with Crippen molar-refractivity contribution in [1.82, 2.24) is 0 Å². The van der Waals surface area contributed by atoms with Gasteiger partial charge in [-0.15, -0.1) is 0 Å². The van der Waals surface area contributed by atoms with Gasteiger partial charge in [-0.2, -0.15) is 0 Å². The molecule has 0 amide bonds. The molecule has 1 aliphatic rings. The van der Waals surface area contributed by atoms with Gasteiger partial charge in [0, 0.05) is 0 Å². The first kappa shape index (κ1) is 12.0. The number of aliphatic hydroxyl groups excluding tert-OH is 1. The topological polar surface area (TPSA) is 20.2 Å². The average Bonchev–Trinajstić information content (AvgIpc) is 2.40. The summed E-state index contributed by atoms with van der Waals surface area (Å²) in [7, 11) is 0. The number of hydrogen-bond acceptors (Lipinski definition) is 1. The number of aliphatic hydroxyl groups is 1. The van der Waals surface area contributed by atoms with E-state index in [2.05, 4.69) is 20.8 Å². The van der Waals surface area contributed by atoms with Crippen molar-refractivity contribution in [2.75, 3.05) is 0 Å². The van der Waals surface area contributed by atoms with Crippen molar-refractivity contribution in [1.29, 1.82) is 0 Å². The van der Waals surface area contributed by atoms with Gasteiger partial charge in [0.05, 0.1) is 6.10 Å². The van der Waals surface area contributed by atoms with E-state index >= 15 is 0 Å². The third-order valence-corrected chi connectivity index (χ3v) is 4.22. The Hall–Kier alpha value is -0.0400. The van der Waals surface area contributed by atoms with E-state index in [1.165, 1.54) is 25.7 Å². The molecule has 1 heteroatoms. The minimum atomic E-state index is -0.0194. The highest BCUT2D eigenvalue weighted by atomic mass is 16.3. The Morgan fingerprint density at radius 2 is 1.86 bits per heavy atom. The fraction of sp³-hybridized carbons (Fsp3) is 1.00. The summed E-state index contributed by atoms with van der Waals surface area (Å²) in [5, 5.41) is 9.76. The van der Waals surface area contributed by atoms with Crippen LogP contribution in [0.15, 0.2) is 0 Å². The maximum Gasteiger partial charge on any atom is 0.0543 e. The third-order valence-electron chi connectivity index (χ3n) is 4.22. The quantitative estimate of drug-likeness (QED) is 0.687. The Morgan fingerprint density at radius 1 is 1.21 bits per heavy atom. The molecule has 0 aromatic carbocycles. The third kappa shape index (κ3) is 3.27. The molecule has 0 bridgehead atoms. The summed E-state index contributed by atoms with van der Waals surface area (Å²) in [6.45, 7) is 6.99. The van der Waals surface area contributed by atoms with Gasteiger partial charge >= 0.3 is 0 Å². The van der Waals surface area contributed by atoms with Gasteiger partial charge < -0.3 is 5.11 Å². The first-order valence-electron chi connectivity index (χ1n) is 6.33. The second-order valence-corrected chi connectivity index (χ2v) is 5.18. The zero-order chi connectivity index (χ0) is 10.6. The second-order valence-electron chi connectivity index (χ2n) is 5.18. The molecule has 1 N–H and O–H groups in total. The maximum absolute atomic E-state index is 9.76. The van der Waals surface area contributed by atoms with E-state index in [1.54, 1.807) is 0 Å². The van der Waals surface area contributed by atoms with Crippen molar-refractivity contribution in [3.05, 3.63) is 0 Å². The molecule has 0 aliphatic heterocycles. The Morgan fingerprint density at radius 3 is 2.50 bits per heavy atom. The molecule has 1 saturated carbocycles. The second kappa shape index (κ2) is 5.75. The van der Waals surface area contributed by atoms with Crippen LogP contribution < -0.4 is 0 Å². The molecule has 0 radical (unpaired) electrons. The molecule has 4 unspecified atom stereocenters. The molecular formula is C13H26O. The highest BCUT2D eigenvalue weighted by Gasteiger charge is 2.25. The van der Waals surface area contributed by atoms with Gasteiger partial charge in [0.25, 0.3) is 0 Å². The highest BCUT2D eigenvalue weighted by Crippen LogP contribution is 2.33. The van der Waals surface area contributed by atoms with Gasteiger partial charge in [-0.3, -0.25) is 0 Å². The van der Waals surface area contributed by atoms with Gasteiger partial charge in [-0.05, 0) is 30.6 Å². The van der Waals surface area contributed by atoms with Crippen LogP contribution in [0, 0.1) is 17.8 Å². The molecule has 84 valence electrons.